The summed E-state index contributed by atoms with van der Waals surface area (Å²) in [7, 11) is 3.73. The molecule has 0 radical (unpaired) electrons. The Morgan fingerprint density at radius 3 is 2.60 bits per heavy atom. The minimum absolute atomic E-state index is 0.899. The molecule has 0 spiro atoms. The molecule has 0 amide bonds. The van der Waals surface area contributed by atoms with Crippen LogP contribution in [0.3, 0.4) is 0 Å². The van der Waals surface area contributed by atoms with E-state index in [1.54, 1.807) is 7.11 Å². The van der Waals surface area contributed by atoms with Crippen molar-refractivity contribution in [3.8, 4) is 16.9 Å². The number of ether oxygens (including phenoxy) is 1. The molecule has 0 aliphatic heterocycles. The van der Waals surface area contributed by atoms with E-state index in [0.717, 1.165) is 5.75 Å². The Balaban J connectivity index is 2.49. The molecular formula is C13H15NO. The Morgan fingerprint density at radius 1 is 1.20 bits per heavy atom. The van der Waals surface area contributed by atoms with Crippen molar-refractivity contribution < 1.29 is 4.74 Å². The van der Waals surface area contributed by atoms with E-state index in [2.05, 4.69) is 36.0 Å². The van der Waals surface area contributed by atoms with Gasteiger partial charge in [-0.1, -0.05) is 12.1 Å². The first-order chi connectivity index (χ1) is 7.20. The highest BCUT2D eigenvalue weighted by Crippen LogP contribution is 2.26. The number of methoxy groups -OCH3 is 1. The molecule has 0 atom stereocenters. The van der Waals surface area contributed by atoms with Crippen molar-refractivity contribution in [2.75, 3.05) is 7.11 Å². The second-order valence-electron chi connectivity index (χ2n) is 3.75. The molecule has 15 heavy (non-hydrogen) atoms. The maximum Gasteiger partial charge on any atom is 0.119 e. The van der Waals surface area contributed by atoms with Crippen LogP contribution in [0, 0.1) is 6.92 Å². The van der Waals surface area contributed by atoms with Crippen molar-refractivity contribution in [2.24, 2.45) is 7.05 Å². The van der Waals surface area contributed by atoms with E-state index in [-0.39, 0.29) is 0 Å². The van der Waals surface area contributed by atoms with Crippen LogP contribution < -0.4 is 4.74 Å². The van der Waals surface area contributed by atoms with Gasteiger partial charge in [-0.2, -0.15) is 0 Å². The molecule has 0 aliphatic rings. The number of hydrogen-bond donors (Lipinski definition) is 0. The Labute approximate surface area is 90.1 Å². The average Bonchev–Trinajstić information content (AvgIpc) is 2.58. The van der Waals surface area contributed by atoms with Gasteiger partial charge in [-0.15, -0.1) is 0 Å². The molecule has 0 aliphatic carbocycles. The van der Waals surface area contributed by atoms with Crippen molar-refractivity contribution >= 4 is 0 Å². The molecule has 2 rings (SSSR count). The van der Waals surface area contributed by atoms with Gasteiger partial charge in [0, 0.05) is 25.0 Å². The molecule has 2 heteroatoms. The van der Waals surface area contributed by atoms with E-state index >= 15 is 0 Å². The van der Waals surface area contributed by atoms with Crippen LogP contribution in [0.5, 0.6) is 5.75 Å². The maximum absolute atomic E-state index is 5.22. The van der Waals surface area contributed by atoms with Crippen LogP contribution in [0.25, 0.3) is 11.1 Å². The Hall–Kier alpha value is -1.70. The maximum atomic E-state index is 5.22. The largest absolute Gasteiger partial charge is 0.497 e. The first-order valence-electron chi connectivity index (χ1n) is 4.97. The lowest BCUT2D eigenvalue weighted by Crippen LogP contribution is -1.83. The van der Waals surface area contributed by atoms with Crippen LogP contribution >= 0.6 is 0 Å². The summed E-state index contributed by atoms with van der Waals surface area (Å²) in [5, 5.41) is 0. The van der Waals surface area contributed by atoms with Crippen LogP contribution in [-0.2, 0) is 7.05 Å². The van der Waals surface area contributed by atoms with E-state index < -0.39 is 0 Å². The van der Waals surface area contributed by atoms with E-state index in [4.69, 9.17) is 4.74 Å². The summed E-state index contributed by atoms with van der Waals surface area (Å²) < 4.78 is 7.29. The van der Waals surface area contributed by atoms with Gasteiger partial charge in [-0.05, 0) is 30.2 Å². The molecule has 2 nitrogen and oxygen atoms in total. The summed E-state index contributed by atoms with van der Waals surface area (Å²) >= 11 is 0. The summed E-state index contributed by atoms with van der Waals surface area (Å²) in [6.45, 7) is 2.12. The van der Waals surface area contributed by atoms with Gasteiger partial charge in [0.1, 0.15) is 5.75 Å². The van der Waals surface area contributed by atoms with Gasteiger partial charge in [-0.25, -0.2) is 0 Å². The topological polar surface area (TPSA) is 14.2 Å². The summed E-state index contributed by atoms with van der Waals surface area (Å²) in [6, 6.07) is 8.13. The highest BCUT2D eigenvalue weighted by atomic mass is 16.5. The first-order valence-corrected chi connectivity index (χ1v) is 4.97. The number of rotatable bonds is 2. The summed E-state index contributed by atoms with van der Waals surface area (Å²) in [4.78, 5) is 0. The van der Waals surface area contributed by atoms with Crippen molar-refractivity contribution in [3.05, 3.63) is 42.2 Å². The van der Waals surface area contributed by atoms with Crippen molar-refractivity contribution in [2.45, 2.75) is 6.92 Å². The fraction of sp³-hybridized carbons (Fsp3) is 0.231. The molecule has 0 bridgehead atoms. The quantitative estimate of drug-likeness (QED) is 0.728. The molecule has 0 fully saturated rings. The minimum Gasteiger partial charge on any atom is -0.497 e. The number of aryl methyl sites for hydroxylation is 2. The zero-order valence-corrected chi connectivity index (χ0v) is 9.32. The molecule has 0 saturated carbocycles. The average molecular weight is 201 g/mol. The van der Waals surface area contributed by atoms with Gasteiger partial charge < -0.3 is 9.30 Å². The van der Waals surface area contributed by atoms with Gasteiger partial charge in [0.25, 0.3) is 0 Å². The molecule has 0 unspecified atom stereocenters. The number of benzene rings is 1. The molecule has 1 aromatic carbocycles. The lowest BCUT2D eigenvalue weighted by atomic mass is 10.1. The third-order valence-electron chi connectivity index (χ3n) is 2.54. The number of nitrogens with zero attached hydrogens (tertiary/aromatic N) is 1. The lowest BCUT2D eigenvalue weighted by molar-refractivity contribution is 0.415. The van der Waals surface area contributed by atoms with E-state index in [1.807, 2.05) is 19.2 Å². The van der Waals surface area contributed by atoms with Gasteiger partial charge in [-0.3, -0.25) is 0 Å². The standard InChI is InChI=1S/C13H15NO/c1-10-8-14(2)9-13(10)11-5-4-6-12(7-11)15-3/h4-9H,1-3H3. The third kappa shape index (κ3) is 1.89. The number of hydrogen-bond acceptors (Lipinski definition) is 1. The van der Waals surface area contributed by atoms with Crippen molar-refractivity contribution in [1.29, 1.82) is 0 Å². The van der Waals surface area contributed by atoms with Gasteiger partial charge >= 0.3 is 0 Å². The number of aromatic nitrogens is 1. The Bertz CT molecular complexity index is 471. The van der Waals surface area contributed by atoms with E-state index in [1.165, 1.54) is 16.7 Å². The molecule has 2 aromatic rings. The molecule has 0 saturated heterocycles. The monoisotopic (exact) mass is 201 g/mol. The van der Waals surface area contributed by atoms with Crippen LogP contribution in [0.1, 0.15) is 5.56 Å². The predicted molar refractivity (Wildman–Crippen MR) is 62.1 cm³/mol. The Morgan fingerprint density at radius 2 is 2.00 bits per heavy atom. The highest BCUT2D eigenvalue weighted by molar-refractivity contribution is 5.68. The normalized spacial score (nSPS) is 10.3. The van der Waals surface area contributed by atoms with Crippen molar-refractivity contribution in [1.82, 2.24) is 4.57 Å². The fourth-order valence-electron chi connectivity index (χ4n) is 1.81. The van der Waals surface area contributed by atoms with Crippen LogP contribution in [0.4, 0.5) is 0 Å². The minimum atomic E-state index is 0.899. The van der Waals surface area contributed by atoms with Crippen molar-refractivity contribution in [3.63, 3.8) is 0 Å². The summed E-state index contributed by atoms with van der Waals surface area (Å²) in [6.07, 6.45) is 4.25. The second kappa shape index (κ2) is 3.81. The smallest absolute Gasteiger partial charge is 0.119 e. The third-order valence-corrected chi connectivity index (χ3v) is 2.54. The zero-order chi connectivity index (χ0) is 10.8. The predicted octanol–water partition coefficient (Wildman–Crippen LogP) is 3.01. The molecular weight excluding hydrogens is 186 g/mol. The second-order valence-corrected chi connectivity index (χ2v) is 3.75. The Kier molecular flexibility index (Phi) is 2.50. The fourth-order valence-corrected chi connectivity index (χ4v) is 1.81. The zero-order valence-electron chi connectivity index (χ0n) is 9.32. The SMILES string of the molecule is COc1cccc(-c2cn(C)cc2C)c1. The summed E-state index contributed by atoms with van der Waals surface area (Å²) in [5.41, 5.74) is 3.75. The highest BCUT2D eigenvalue weighted by Gasteiger charge is 2.04. The molecule has 0 N–H and O–H groups in total. The van der Waals surface area contributed by atoms with Gasteiger partial charge in [0.05, 0.1) is 7.11 Å². The molecule has 1 heterocycles. The summed E-state index contributed by atoms with van der Waals surface area (Å²) in [5.74, 6) is 0.899. The van der Waals surface area contributed by atoms with Gasteiger partial charge in [0.15, 0.2) is 0 Å². The van der Waals surface area contributed by atoms with E-state index in [0.29, 0.717) is 0 Å². The van der Waals surface area contributed by atoms with Crippen LogP contribution in [0.2, 0.25) is 0 Å². The molecule has 1 aromatic heterocycles. The van der Waals surface area contributed by atoms with Gasteiger partial charge in [0.2, 0.25) is 0 Å². The van der Waals surface area contributed by atoms with Crippen LogP contribution in [0.15, 0.2) is 36.7 Å². The lowest BCUT2D eigenvalue weighted by Gasteiger charge is -2.03. The molecule has 78 valence electrons. The van der Waals surface area contributed by atoms with E-state index in [9.17, 15) is 0 Å². The first kappa shape index (κ1) is 9.84. The van der Waals surface area contributed by atoms with Crippen LogP contribution in [-0.4, -0.2) is 11.7 Å².